The average Bonchev–Trinajstić information content (AvgIpc) is 2.85. The molecule has 2 rings (SSSR count). The predicted octanol–water partition coefficient (Wildman–Crippen LogP) is 5.34. The smallest absolute Gasteiger partial charge is 0.411 e. The molecule has 0 fully saturated rings. The highest BCUT2D eigenvalue weighted by molar-refractivity contribution is 9.11. The van der Waals surface area contributed by atoms with E-state index in [1.807, 2.05) is 12.1 Å². The Labute approximate surface area is 140 Å². The minimum absolute atomic E-state index is 0.319. The quantitative estimate of drug-likeness (QED) is 0.725. The number of carbonyl (C=O) groups is 1. The molecule has 21 heavy (non-hydrogen) atoms. The van der Waals surface area contributed by atoms with Crippen LogP contribution in [0.4, 0.5) is 16.2 Å². The molecule has 0 aliphatic heterocycles. The molecule has 0 atom stereocenters. The van der Waals surface area contributed by atoms with Crippen LogP contribution in [-0.4, -0.2) is 12.7 Å². The second-order valence-corrected chi connectivity index (χ2v) is 7.05. The average molecular weight is 390 g/mol. The van der Waals surface area contributed by atoms with Gasteiger partial charge in [-0.15, -0.1) is 11.3 Å². The Morgan fingerprint density at radius 3 is 2.81 bits per heavy atom. The van der Waals surface area contributed by atoms with Crippen molar-refractivity contribution in [3.05, 3.63) is 44.0 Å². The van der Waals surface area contributed by atoms with Crippen molar-refractivity contribution >= 4 is 56.3 Å². The summed E-state index contributed by atoms with van der Waals surface area (Å²) >= 11 is 11.3. The van der Waals surface area contributed by atoms with Crippen LogP contribution in [0.15, 0.2) is 34.1 Å². The maximum atomic E-state index is 11.4. The summed E-state index contributed by atoms with van der Waals surface area (Å²) in [5.41, 5.74) is 1.42. The third-order valence-corrected chi connectivity index (χ3v) is 4.51. The van der Waals surface area contributed by atoms with Gasteiger partial charge in [-0.1, -0.05) is 11.6 Å². The Balaban J connectivity index is 1.96. The van der Waals surface area contributed by atoms with Gasteiger partial charge in [0, 0.05) is 17.1 Å². The number of carbonyl (C=O) groups excluding carboxylic acids is 1. The van der Waals surface area contributed by atoms with Gasteiger partial charge in [0.15, 0.2) is 0 Å². The highest BCUT2D eigenvalue weighted by Crippen LogP contribution is 2.27. The van der Waals surface area contributed by atoms with Crippen LogP contribution in [0.25, 0.3) is 0 Å². The number of thiophene rings is 1. The summed E-state index contributed by atoms with van der Waals surface area (Å²) in [6.45, 7) is 2.79. The Bertz CT molecular complexity index is 633. The van der Waals surface area contributed by atoms with Gasteiger partial charge in [-0.2, -0.15) is 0 Å². The van der Waals surface area contributed by atoms with Crippen molar-refractivity contribution < 1.29 is 9.53 Å². The van der Waals surface area contributed by atoms with Gasteiger partial charge < -0.3 is 10.1 Å². The summed E-state index contributed by atoms with van der Waals surface area (Å²) in [5, 5.41) is 6.33. The van der Waals surface area contributed by atoms with Crippen molar-refractivity contribution in [2.75, 3.05) is 17.2 Å². The zero-order chi connectivity index (χ0) is 15.2. The molecule has 1 heterocycles. The number of amides is 1. The molecule has 0 bridgehead atoms. The van der Waals surface area contributed by atoms with Crippen LogP contribution in [0.3, 0.4) is 0 Å². The summed E-state index contributed by atoms with van der Waals surface area (Å²) in [5.74, 6) is 0. The van der Waals surface area contributed by atoms with Crippen LogP contribution in [0, 0.1) is 0 Å². The molecular formula is C14H14BrClN2O2S. The lowest BCUT2D eigenvalue weighted by Crippen LogP contribution is -2.13. The van der Waals surface area contributed by atoms with E-state index in [1.165, 1.54) is 4.88 Å². The SMILES string of the molecule is CCOC(=O)Nc1ccc(NCc2ccc(Br)s2)cc1Cl. The number of benzene rings is 1. The summed E-state index contributed by atoms with van der Waals surface area (Å²) in [7, 11) is 0. The normalized spacial score (nSPS) is 10.2. The number of hydrogen-bond acceptors (Lipinski definition) is 4. The van der Waals surface area contributed by atoms with E-state index in [0.717, 1.165) is 16.0 Å². The maximum Gasteiger partial charge on any atom is 0.411 e. The van der Waals surface area contributed by atoms with E-state index < -0.39 is 6.09 Å². The molecule has 0 aliphatic rings. The van der Waals surface area contributed by atoms with E-state index in [-0.39, 0.29) is 0 Å². The number of halogens is 2. The largest absolute Gasteiger partial charge is 0.450 e. The van der Waals surface area contributed by atoms with E-state index in [4.69, 9.17) is 16.3 Å². The third-order valence-electron chi connectivity index (χ3n) is 2.58. The van der Waals surface area contributed by atoms with Crippen molar-refractivity contribution in [1.82, 2.24) is 0 Å². The van der Waals surface area contributed by atoms with Crippen molar-refractivity contribution in [2.45, 2.75) is 13.5 Å². The van der Waals surface area contributed by atoms with E-state index in [2.05, 4.69) is 32.6 Å². The number of hydrogen-bond donors (Lipinski definition) is 2. The molecule has 1 aromatic heterocycles. The van der Waals surface area contributed by atoms with Gasteiger partial charge in [-0.05, 0) is 53.2 Å². The lowest BCUT2D eigenvalue weighted by molar-refractivity contribution is 0.168. The van der Waals surface area contributed by atoms with Gasteiger partial charge in [0.25, 0.3) is 0 Å². The Morgan fingerprint density at radius 1 is 1.38 bits per heavy atom. The first-order valence-electron chi connectivity index (χ1n) is 6.30. The van der Waals surface area contributed by atoms with Crippen LogP contribution in [-0.2, 0) is 11.3 Å². The van der Waals surface area contributed by atoms with Crippen LogP contribution in [0.5, 0.6) is 0 Å². The molecule has 1 aromatic carbocycles. The fraction of sp³-hybridized carbons (Fsp3) is 0.214. The molecule has 0 radical (unpaired) electrons. The molecule has 0 unspecified atom stereocenters. The molecule has 1 amide bonds. The number of anilines is 2. The van der Waals surface area contributed by atoms with Crippen molar-refractivity contribution in [3.63, 3.8) is 0 Å². The van der Waals surface area contributed by atoms with Gasteiger partial charge in [0.2, 0.25) is 0 Å². The number of nitrogens with one attached hydrogen (secondary N) is 2. The summed E-state index contributed by atoms with van der Waals surface area (Å²) < 4.78 is 5.91. The van der Waals surface area contributed by atoms with Crippen LogP contribution in [0.1, 0.15) is 11.8 Å². The van der Waals surface area contributed by atoms with Gasteiger partial charge in [-0.25, -0.2) is 4.79 Å². The second-order valence-electron chi connectivity index (χ2n) is 4.10. The second kappa shape index (κ2) is 7.68. The van der Waals surface area contributed by atoms with E-state index in [1.54, 1.807) is 30.4 Å². The molecule has 112 valence electrons. The zero-order valence-corrected chi connectivity index (χ0v) is 14.4. The lowest BCUT2D eigenvalue weighted by Gasteiger charge is -2.10. The maximum absolute atomic E-state index is 11.4. The predicted molar refractivity (Wildman–Crippen MR) is 91.4 cm³/mol. The zero-order valence-electron chi connectivity index (χ0n) is 11.3. The highest BCUT2D eigenvalue weighted by atomic mass is 79.9. The van der Waals surface area contributed by atoms with Crippen molar-refractivity contribution in [2.24, 2.45) is 0 Å². The Morgan fingerprint density at radius 2 is 2.19 bits per heavy atom. The summed E-state index contributed by atoms with van der Waals surface area (Å²) in [4.78, 5) is 12.6. The van der Waals surface area contributed by atoms with Crippen molar-refractivity contribution in [1.29, 1.82) is 0 Å². The first-order valence-corrected chi connectivity index (χ1v) is 8.28. The minimum atomic E-state index is -0.511. The highest BCUT2D eigenvalue weighted by Gasteiger charge is 2.07. The van der Waals surface area contributed by atoms with Crippen LogP contribution in [0.2, 0.25) is 5.02 Å². The standard InChI is InChI=1S/C14H14BrClN2O2S/c1-2-20-14(19)18-12-5-3-9(7-11(12)16)17-8-10-4-6-13(15)21-10/h3-7,17H,2,8H2,1H3,(H,18,19). The number of rotatable bonds is 5. The molecule has 0 saturated heterocycles. The molecular weight excluding hydrogens is 376 g/mol. The molecule has 0 aliphatic carbocycles. The van der Waals surface area contributed by atoms with E-state index >= 15 is 0 Å². The first kappa shape index (κ1) is 16.1. The lowest BCUT2D eigenvalue weighted by atomic mass is 10.2. The summed E-state index contributed by atoms with van der Waals surface area (Å²) in [6, 6.07) is 9.44. The molecule has 4 nitrogen and oxygen atoms in total. The van der Waals surface area contributed by atoms with E-state index in [9.17, 15) is 4.79 Å². The van der Waals surface area contributed by atoms with Gasteiger partial charge in [0.05, 0.1) is 21.1 Å². The first-order chi connectivity index (χ1) is 10.1. The monoisotopic (exact) mass is 388 g/mol. The molecule has 0 saturated carbocycles. The fourth-order valence-corrected chi connectivity index (χ4v) is 3.29. The Kier molecular flexibility index (Phi) is 5.90. The van der Waals surface area contributed by atoms with Gasteiger partial charge in [-0.3, -0.25) is 5.32 Å². The molecule has 0 spiro atoms. The van der Waals surface area contributed by atoms with Crippen LogP contribution >= 0.6 is 38.9 Å². The molecule has 7 heteroatoms. The topological polar surface area (TPSA) is 50.4 Å². The fourth-order valence-electron chi connectivity index (χ4n) is 1.64. The van der Waals surface area contributed by atoms with Gasteiger partial charge >= 0.3 is 6.09 Å². The van der Waals surface area contributed by atoms with Crippen LogP contribution < -0.4 is 10.6 Å². The van der Waals surface area contributed by atoms with E-state index in [0.29, 0.717) is 17.3 Å². The summed E-state index contributed by atoms with van der Waals surface area (Å²) in [6.07, 6.45) is -0.511. The number of ether oxygens (including phenoxy) is 1. The van der Waals surface area contributed by atoms with Crippen molar-refractivity contribution in [3.8, 4) is 0 Å². The molecule has 2 N–H and O–H groups in total. The van der Waals surface area contributed by atoms with Gasteiger partial charge in [0.1, 0.15) is 0 Å². The third kappa shape index (κ3) is 4.91. The molecule has 2 aromatic rings. The Hall–Kier alpha value is -1.24. The minimum Gasteiger partial charge on any atom is -0.450 e.